The zero-order valence-corrected chi connectivity index (χ0v) is 15.9. The number of rotatable bonds is 4. The molecule has 2 rings (SSSR count). The predicted molar refractivity (Wildman–Crippen MR) is 92.8 cm³/mol. The van der Waals surface area contributed by atoms with Crippen molar-refractivity contribution in [1.82, 2.24) is 9.13 Å². The molecule has 5 nitrogen and oxygen atoms in total. The van der Waals surface area contributed by atoms with Gasteiger partial charge in [0.05, 0.1) is 16.0 Å². The number of hydrogen-bond acceptors (Lipinski definition) is 4. The van der Waals surface area contributed by atoms with Gasteiger partial charge in [-0.1, -0.05) is 11.6 Å². The van der Waals surface area contributed by atoms with Crippen molar-refractivity contribution in [3.63, 3.8) is 0 Å². The highest BCUT2D eigenvalue weighted by atomic mass is 35.5. The van der Waals surface area contributed by atoms with Crippen molar-refractivity contribution >= 4 is 29.1 Å². The van der Waals surface area contributed by atoms with Crippen molar-refractivity contribution in [2.24, 2.45) is 7.05 Å². The van der Waals surface area contributed by atoms with E-state index in [-0.39, 0.29) is 21.8 Å². The van der Waals surface area contributed by atoms with Crippen LogP contribution in [0.3, 0.4) is 0 Å². The van der Waals surface area contributed by atoms with E-state index >= 15 is 0 Å². The first-order valence-electron chi connectivity index (χ1n) is 7.46. The van der Waals surface area contributed by atoms with Gasteiger partial charge in [-0.25, -0.2) is 8.96 Å². The van der Waals surface area contributed by atoms with Gasteiger partial charge in [-0.15, -0.1) is 11.8 Å². The summed E-state index contributed by atoms with van der Waals surface area (Å²) in [6.45, 7) is 2.96. The quantitative estimate of drug-likeness (QED) is 0.604. The number of thioether (sulfide) groups is 1. The fourth-order valence-electron chi connectivity index (χ4n) is 2.21. The Bertz CT molecular complexity index is 1030. The number of benzene rings is 1. The number of aromatic nitrogens is 2. The summed E-state index contributed by atoms with van der Waals surface area (Å²) in [5.41, 5.74) is -3.85. The highest BCUT2D eigenvalue weighted by Gasteiger charge is 2.34. The maximum Gasteiger partial charge on any atom is 0.431 e. The highest BCUT2D eigenvalue weighted by Crippen LogP contribution is 2.33. The third-order valence-electron chi connectivity index (χ3n) is 3.78. The molecule has 27 heavy (non-hydrogen) atoms. The summed E-state index contributed by atoms with van der Waals surface area (Å²) >= 11 is 6.98. The summed E-state index contributed by atoms with van der Waals surface area (Å²) < 4.78 is 54.3. The first-order valence-corrected chi connectivity index (χ1v) is 8.71. The lowest BCUT2D eigenvalue weighted by molar-refractivity contribution is -0.144. The first-order chi connectivity index (χ1) is 12.3. The fraction of sp³-hybridized carbons (Fsp3) is 0.312. The van der Waals surface area contributed by atoms with Gasteiger partial charge in [0.15, 0.2) is 0 Å². The van der Waals surface area contributed by atoms with Crippen molar-refractivity contribution in [3.05, 3.63) is 50.7 Å². The molecule has 0 amide bonds. The molecule has 0 fully saturated rings. The zero-order chi connectivity index (χ0) is 20.7. The van der Waals surface area contributed by atoms with E-state index in [0.29, 0.717) is 9.13 Å². The molecule has 1 atom stereocenters. The van der Waals surface area contributed by atoms with Crippen LogP contribution in [0.4, 0.5) is 17.6 Å². The Labute approximate surface area is 160 Å². The van der Waals surface area contributed by atoms with Crippen molar-refractivity contribution in [2.75, 3.05) is 0 Å². The third kappa shape index (κ3) is 4.27. The van der Waals surface area contributed by atoms with E-state index in [4.69, 9.17) is 17.0 Å². The molecular weight excluding hydrogens is 410 g/mol. The second kappa shape index (κ2) is 7.51. The number of hydrogen-bond donors (Lipinski definition) is 1. The van der Waals surface area contributed by atoms with Crippen molar-refractivity contribution in [1.29, 1.82) is 5.41 Å². The maximum atomic E-state index is 14.4. The Morgan fingerprint density at radius 3 is 2.41 bits per heavy atom. The predicted octanol–water partition coefficient (Wildman–Crippen LogP) is 3.54. The van der Waals surface area contributed by atoms with Crippen LogP contribution in [0.2, 0.25) is 5.02 Å². The lowest BCUT2D eigenvalue weighted by atomic mass is 10.3. The van der Waals surface area contributed by atoms with Crippen LogP contribution in [-0.2, 0) is 18.0 Å². The number of carbonyl (C=O) groups is 1. The largest absolute Gasteiger partial charge is 0.431 e. The Morgan fingerprint density at radius 2 is 1.89 bits per heavy atom. The van der Waals surface area contributed by atoms with E-state index in [9.17, 15) is 27.2 Å². The zero-order valence-electron chi connectivity index (χ0n) is 14.3. The highest BCUT2D eigenvalue weighted by molar-refractivity contribution is 8.00. The average Bonchev–Trinajstić information content (AvgIpc) is 2.53. The topological polar surface area (TPSA) is 67.8 Å². The normalized spacial score (nSPS) is 12.9. The molecule has 1 unspecified atom stereocenters. The molecule has 2 aromatic rings. The van der Waals surface area contributed by atoms with Crippen molar-refractivity contribution < 1.29 is 22.4 Å². The van der Waals surface area contributed by atoms with Crippen LogP contribution in [0, 0.1) is 11.2 Å². The molecule has 1 aromatic carbocycles. The van der Waals surface area contributed by atoms with E-state index in [1.54, 1.807) is 6.92 Å². The van der Waals surface area contributed by atoms with Gasteiger partial charge in [-0.3, -0.25) is 15.0 Å². The molecular formula is C16H14ClF4N3O2S. The van der Waals surface area contributed by atoms with Gasteiger partial charge in [-0.2, -0.15) is 13.2 Å². The Kier molecular flexibility index (Phi) is 5.91. The molecule has 0 aliphatic rings. The molecule has 0 saturated carbocycles. The van der Waals surface area contributed by atoms with E-state index in [1.165, 1.54) is 6.92 Å². The van der Waals surface area contributed by atoms with Crippen LogP contribution in [0.15, 0.2) is 27.9 Å². The second-order valence-corrected chi connectivity index (χ2v) is 7.48. The minimum Gasteiger partial charge on any atom is -0.311 e. The van der Waals surface area contributed by atoms with E-state index in [0.717, 1.165) is 30.9 Å². The van der Waals surface area contributed by atoms with Crippen LogP contribution in [-0.4, -0.2) is 20.2 Å². The van der Waals surface area contributed by atoms with Crippen LogP contribution < -0.4 is 11.2 Å². The summed E-state index contributed by atoms with van der Waals surface area (Å²) in [6.07, 6.45) is -4.85. The Balaban J connectivity index is 2.73. The molecule has 0 aliphatic carbocycles. The lowest BCUT2D eigenvalue weighted by Crippen LogP contribution is -2.41. The maximum absolute atomic E-state index is 14.4. The number of ketones is 1. The minimum atomic E-state index is -4.85. The van der Waals surface area contributed by atoms with Crippen molar-refractivity contribution in [2.45, 2.75) is 30.2 Å². The average molecular weight is 424 g/mol. The van der Waals surface area contributed by atoms with Crippen LogP contribution >= 0.6 is 23.4 Å². The molecule has 0 spiro atoms. The number of nitrogens with one attached hydrogen (secondary N) is 1. The molecule has 0 radical (unpaired) electrons. The Morgan fingerprint density at radius 1 is 1.30 bits per heavy atom. The molecule has 0 saturated heterocycles. The monoisotopic (exact) mass is 423 g/mol. The molecule has 1 heterocycles. The standard InChI is InChI=1S/C16H14ClF4N3O2S/c1-7(25)8(2)27-12-5-11(10(18)4-9(12)17)24-14(26)6-13(16(19,20)21)23(3)15(24)22/h4-6,8,22H,1-3H3. The third-order valence-corrected chi connectivity index (χ3v) is 5.48. The molecule has 1 aromatic heterocycles. The number of Topliss-reactive ketones (excluding diaryl/α,β-unsaturated/α-hetero) is 1. The number of alkyl halides is 3. The number of nitrogens with zero attached hydrogens (tertiary/aromatic N) is 2. The summed E-state index contributed by atoms with van der Waals surface area (Å²) in [5.74, 6) is -1.16. The summed E-state index contributed by atoms with van der Waals surface area (Å²) in [7, 11) is 0.947. The van der Waals surface area contributed by atoms with Gasteiger partial charge in [0.1, 0.15) is 17.3 Å². The number of carbonyl (C=O) groups excluding carboxylic acids is 1. The van der Waals surface area contributed by atoms with Gasteiger partial charge < -0.3 is 4.57 Å². The molecule has 0 aliphatic heterocycles. The fourth-order valence-corrected chi connectivity index (χ4v) is 3.39. The van der Waals surface area contributed by atoms with Gasteiger partial charge >= 0.3 is 6.18 Å². The molecule has 1 N–H and O–H groups in total. The van der Waals surface area contributed by atoms with E-state index < -0.39 is 39.8 Å². The van der Waals surface area contributed by atoms with E-state index in [1.807, 2.05) is 0 Å². The molecule has 146 valence electrons. The summed E-state index contributed by atoms with van der Waals surface area (Å²) in [4.78, 5) is 23.9. The second-order valence-electron chi connectivity index (χ2n) is 5.69. The van der Waals surface area contributed by atoms with Crippen molar-refractivity contribution in [3.8, 4) is 5.69 Å². The Hall–Kier alpha value is -2.07. The molecule has 0 bridgehead atoms. The summed E-state index contributed by atoms with van der Waals surface area (Å²) in [5, 5.41) is 7.35. The smallest absolute Gasteiger partial charge is 0.311 e. The van der Waals surface area contributed by atoms with Crippen LogP contribution in [0.1, 0.15) is 19.5 Å². The number of halogens is 5. The minimum absolute atomic E-state index is 0.0229. The molecule has 11 heteroatoms. The van der Waals surface area contributed by atoms with Gasteiger partial charge in [0, 0.05) is 18.0 Å². The summed E-state index contributed by atoms with van der Waals surface area (Å²) in [6, 6.07) is 2.31. The van der Waals surface area contributed by atoms with Gasteiger partial charge in [-0.05, 0) is 26.0 Å². The van der Waals surface area contributed by atoms with Crippen LogP contribution in [0.5, 0.6) is 0 Å². The van der Waals surface area contributed by atoms with Gasteiger partial charge in [0.25, 0.3) is 5.56 Å². The van der Waals surface area contributed by atoms with Crippen LogP contribution in [0.25, 0.3) is 5.69 Å². The first kappa shape index (κ1) is 21.2. The van der Waals surface area contributed by atoms with E-state index in [2.05, 4.69) is 0 Å². The van der Waals surface area contributed by atoms with Gasteiger partial charge in [0.2, 0.25) is 5.62 Å². The lowest BCUT2D eigenvalue weighted by Gasteiger charge is -2.17. The SMILES string of the molecule is CC(=O)C(C)Sc1cc(-n2c(=O)cc(C(F)(F)F)n(C)c2=N)c(F)cc1Cl.